The topological polar surface area (TPSA) is 60.5 Å². The molecule has 0 unspecified atom stereocenters. The first-order valence-corrected chi connectivity index (χ1v) is 8.38. The smallest absolute Gasteiger partial charge is 0.261 e. The first kappa shape index (κ1) is 16.4. The number of carbonyl (C=O) groups is 1. The lowest BCUT2D eigenvalue weighted by molar-refractivity contribution is 0.101. The third-order valence-electron chi connectivity index (χ3n) is 3.44. The maximum Gasteiger partial charge on any atom is 0.261 e. The molecule has 0 aliphatic heterocycles. The summed E-state index contributed by atoms with van der Waals surface area (Å²) in [5, 5.41) is 3.43. The zero-order valence-corrected chi connectivity index (χ0v) is 14.4. The van der Waals surface area contributed by atoms with Crippen LogP contribution in [-0.2, 0) is 4.74 Å². The van der Waals surface area contributed by atoms with Gasteiger partial charge in [-0.3, -0.25) is 10.1 Å². The van der Waals surface area contributed by atoms with Gasteiger partial charge in [0.25, 0.3) is 5.91 Å². The molecule has 5 nitrogen and oxygen atoms in total. The van der Waals surface area contributed by atoms with E-state index >= 15 is 0 Å². The molecule has 0 fully saturated rings. The molecule has 3 rings (SSSR count). The van der Waals surface area contributed by atoms with Crippen LogP contribution >= 0.6 is 11.3 Å². The number of ether oxygens (including phenoxy) is 2. The fourth-order valence-corrected chi connectivity index (χ4v) is 3.22. The average molecular weight is 342 g/mol. The van der Waals surface area contributed by atoms with Gasteiger partial charge < -0.3 is 9.47 Å². The van der Waals surface area contributed by atoms with E-state index in [0.29, 0.717) is 29.7 Å². The summed E-state index contributed by atoms with van der Waals surface area (Å²) >= 11 is 1.46. The van der Waals surface area contributed by atoms with E-state index in [2.05, 4.69) is 16.4 Å². The number of benzene rings is 2. The number of para-hydroxylation sites is 1. The molecular formula is C18H18N2O3S. The molecule has 0 aliphatic carbocycles. The highest BCUT2D eigenvalue weighted by Crippen LogP contribution is 2.28. The van der Waals surface area contributed by atoms with Gasteiger partial charge in [0.15, 0.2) is 5.13 Å². The van der Waals surface area contributed by atoms with Gasteiger partial charge in [-0.1, -0.05) is 29.5 Å². The van der Waals surface area contributed by atoms with Crippen LogP contribution < -0.4 is 10.1 Å². The molecule has 0 aliphatic rings. The lowest BCUT2D eigenvalue weighted by atomic mass is 10.2. The number of fused-ring (bicyclic) bond motifs is 1. The van der Waals surface area contributed by atoms with Gasteiger partial charge in [0.2, 0.25) is 0 Å². The van der Waals surface area contributed by atoms with E-state index in [1.54, 1.807) is 25.3 Å². The van der Waals surface area contributed by atoms with Crippen molar-refractivity contribution in [3.8, 4) is 5.75 Å². The van der Waals surface area contributed by atoms with Crippen molar-refractivity contribution in [3.05, 3.63) is 53.6 Å². The maximum absolute atomic E-state index is 12.6. The Morgan fingerprint density at radius 1 is 1.21 bits per heavy atom. The Labute approximate surface area is 144 Å². The van der Waals surface area contributed by atoms with E-state index in [1.807, 2.05) is 25.1 Å². The Bertz CT molecular complexity index is 860. The van der Waals surface area contributed by atoms with E-state index in [4.69, 9.17) is 9.47 Å². The number of thiazole rings is 1. The molecule has 1 aromatic heterocycles. The van der Waals surface area contributed by atoms with Gasteiger partial charge in [-0.2, -0.15) is 0 Å². The molecule has 24 heavy (non-hydrogen) atoms. The third kappa shape index (κ3) is 3.72. The van der Waals surface area contributed by atoms with Crippen molar-refractivity contribution in [3.63, 3.8) is 0 Å². The third-order valence-corrected chi connectivity index (χ3v) is 4.37. The van der Waals surface area contributed by atoms with Crippen molar-refractivity contribution in [2.45, 2.75) is 6.92 Å². The Kier molecular flexibility index (Phi) is 5.08. The fraction of sp³-hybridized carbons (Fsp3) is 0.222. The predicted molar refractivity (Wildman–Crippen MR) is 96.1 cm³/mol. The van der Waals surface area contributed by atoms with Crippen LogP contribution in [0.3, 0.4) is 0 Å². The van der Waals surface area contributed by atoms with E-state index in [-0.39, 0.29) is 5.91 Å². The second kappa shape index (κ2) is 7.42. The summed E-state index contributed by atoms with van der Waals surface area (Å²) in [6.45, 7) is 2.89. The van der Waals surface area contributed by atoms with E-state index in [1.165, 1.54) is 16.9 Å². The zero-order chi connectivity index (χ0) is 16.9. The van der Waals surface area contributed by atoms with Gasteiger partial charge in [0.05, 0.1) is 22.4 Å². The highest BCUT2D eigenvalue weighted by atomic mass is 32.1. The lowest BCUT2D eigenvalue weighted by Crippen LogP contribution is -2.14. The predicted octanol–water partition coefficient (Wildman–Crippen LogP) is 3.88. The van der Waals surface area contributed by atoms with Crippen molar-refractivity contribution >= 4 is 32.6 Å². The molecule has 0 atom stereocenters. The summed E-state index contributed by atoms with van der Waals surface area (Å²) in [7, 11) is 1.61. The molecule has 0 saturated carbocycles. The number of rotatable bonds is 6. The van der Waals surface area contributed by atoms with Crippen molar-refractivity contribution in [1.29, 1.82) is 0 Å². The van der Waals surface area contributed by atoms with Crippen molar-refractivity contribution in [2.24, 2.45) is 0 Å². The number of carbonyl (C=O) groups excluding carboxylic acids is 1. The van der Waals surface area contributed by atoms with Crippen LogP contribution in [-0.4, -0.2) is 31.2 Å². The van der Waals surface area contributed by atoms with Crippen LogP contribution in [0.25, 0.3) is 10.2 Å². The van der Waals surface area contributed by atoms with Crippen LogP contribution in [0.4, 0.5) is 5.13 Å². The molecule has 0 bridgehead atoms. The highest BCUT2D eigenvalue weighted by molar-refractivity contribution is 7.22. The second-order valence-corrected chi connectivity index (χ2v) is 6.31. The van der Waals surface area contributed by atoms with Crippen LogP contribution in [0.2, 0.25) is 0 Å². The summed E-state index contributed by atoms with van der Waals surface area (Å²) < 4.78 is 11.6. The first-order chi connectivity index (χ1) is 11.7. The summed E-state index contributed by atoms with van der Waals surface area (Å²) in [5.74, 6) is 0.294. The number of hydrogen-bond donors (Lipinski definition) is 1. The summed E-state index contributed by atoms with van der Waals surface area (Å²) in [5.41, 5.74) is 2.52. The summed E-state index contributed by atoms with van der Waals surface area (Å²) in [6.07, 6.45) is 0. The Morgan fingerprint density at radius 2 is 2.04 bits per heavy atom. The number of aromatic nitrogens is 1. The van der Waals surface area contributed by atoms with Crippen LogP contribution in [0.5, 0.6) is 5.75 Å². The van der Waals surface area contributed by atoms with Crippen molar-refractivity contribution < 1.29 is 14.3 Å². The number of methoxy groups -OCH3 is 1. The molecule has 1 N–H and O–H groups in total. The van der Waals surface area contributed by atoms with Gasteiger partial charge >= 0.3 is 0 Å². The number of aryl methyl sites for hydroxylation is 1. The Balaban J connectivity index is 1.78. The molecule has 3 aromatic rings. The quantitative estimate of drug-likeness (QED) is 0.691. The zero-order valence-electron chi connectivity index (χ0n) is 13.5. The van der Waals surface area contributed by atoms with Gasteiger partial charge in [-0.15, -0.1) is 0 Å². The molecule has 0 saturated heterocycles. The number of nitrogens with one attached hydrogen (secondary N) is 1. The van der Waals surface area contributed by atoms with Crippen LogP contribution in [0, 0.1) is 6.92 Å². The summed E-state index contributed by atoms with van der Waals surface area (Å²) in [6, 6.07) is 13.2. The van der Waals surface area contributed by atoms with Crippen LogP contribution in [0.1, 0.15) is 15.9 Å². The number of anilines is 1. The molecular weight excluding hydrogens is 324 g/mol. The molecule has 2 aromatic carbocycles. The average Bonchev–Trinajstić information content (AvgIpc) is 2.96. The van der Waals surface area contributed by atoms with Gasteiger partial charge in [0, 0.05) is 7.11 Å². The number of nitrogens with zero attached hydrogens (tertiary/aromatic N) is 1. The SMILES string of the molecule is COCCOc1ccccc1C(=O)Nc1nc2ccc(C)cc2s1. The largest absolute Gasteiger partial charge is 0.490 e. The van der Waals surface area contributed by atoms with Gasteiger partial charge in [-0.25, -0.2) is 4.98 Å². The van der Waals surface area contributed by atoms with Gasteiger partial charge in [0.1, 0.15) is 12.4 Å². The molecule has 1 amide bonds. The van der Waals surface area contributed by atoms with E-state index < -0.39 is 0 Å². The molecule has 0 spiro atoms. The number of amides is 1. The minimum Gasteiger partial charge on any atom is -0.490 e. The molecule has 6 heteroatoms. The lowest BCUT2D eigenvalue weighted by Gasteiger charge is -2.10. The molecule has 1 heterocycles. The highest BCUT2D eigenvalue weighted by Gasteiger charge is 2.14. The standard InChI is InChI=1S/C18H18N2O3S/c1-12-7-8-14-16(11-12)24-18(19-14)20-17(21)13-5-3-4-6-15(13)23-10-9-22-2/h3-8,11H,9-10H2,1-2H3,(H,19,20,21). The van der Waals surface area contributed by atoms with E-state index in [0.717, 1.165) is 10.2 Å². The van der Waals surface area contributed by atoms with E-state index in [9.17, 15) is 4.79 Å². The fourth-order valence-electron chi connectivity index (χ4n) is 2.26. The normalized spacial score (nSPS) is 10.8. The van der Waals surface area contributed by atoms with Crippen molar-refractivity contribution in [2.75, 3.05) is 25.6 Å². The maximum atomic E-state index is 12.6. The minimum atomic E-state index is -0.237. The Morgan fingerprint density at radius 3 is 2.88 bits per heavy atom. The summed E-state index contributed by atoms with van der Waals surface area (Å²) in [4.78, 5) is 17.0. The van der Waals surface area contributed by atoms with Crippen LogP contribution in [0.15, 0.2) is 42.5 Å². The molecule has 0 radical (unpaired) electrons. The monoisotopic (exact) mass is 342 g/mol. The Hall–Kier alpha value is -2.44. The molecule has 124 valence electrons. The van der Waals surface area contributed by atoms with Gasteiger partial charge in [-0.05, 0) is 36.8 Å². The second-order valence-electron chi connectivity index (χ2n) is 5.28. The minimum absolute atomic E-state index is 0.237. The van der Waals surface area contributed by atoms with Crippen molar-refractivity contribution in [1.82, 2.24) is 4.98 Å². The first-order valence-electron chi connectivity index (χ1n) is 7.56. The number of hydrogen-bond acceptors (Lipinski definition) is 5.